The fourth-order valence-corrected chi connectivity index (χ4v) is 2.81. The van der Waals surface area contributed by atoms with Gasteiger partial charge in [0.1, 0.15) is 0 Å². The summed E-state index contributed by atoms with van der Waals surface area (Å²) in [4.78, 5) is 7.03. The van der Waals surface area contributed by atoms with Gasteiger partial charge in [-0.3, -0.25) is 4.90 Å². The largest absolute Gasteiger partial charge is 0.351 e. The van der Waals surface area contributed by atoms with Crippen LogP contribution in [0.4, 0.5) is 5.95 Å². The van der Waals surface area contributed by atoms with Crippen molar-refractivity contribution in [2.24, 2.45) is 0 Å². The van der Waals surface area contributed by atoms with Crippen molar-refractivity contribution in [1.29, 1.82) is 0 Å². The van der Waals surface area contributed by atoms with Crippen molar-refractivity contribution in [3.05, 3.63) is 23.9 Å². The van der Waals surface area contributed by atoms with E-state index in [0.29, 0.717) is 6.04 Å². The first kappa shape index (κ1) is 12.4. The molecule has 1 fully saturated rings. The van der Waals surface area contributed by atoms with Crippen molar-refractivity contribution in [1.82, 2.24) is 19.5 Å². The first-order valence-corrected chi connectivity index (χ1v) is 7.07. The van der Waals surface area contributed by atoms with Crippen molar-refractivity contribution in [3.8, 4) is 0 Å². The summed E-state index contributed by atoms with van der Waals surface area (Å²) in [6.07, 6.45) is 4.53. The molecule has 1 aliphatic heterocycles. The van der Waals surface area contributed by atoms with Crippen molar-refractivity contribution in [2.75, 3.05) is 25.0 Å². The van der Waals surface area contributed by atoms with E-state index in [9.17, 15) is 0 Å². The third kappa shape index (κ3) is 2.56. The number of aryl methyl sites for hydroxylation is 1. The van der Waals surface area contributed by atoms with Crippen molar-refractivity contribution in [3.63, 3.8) is 0 Å². The molecule has 0 saturated carbocycles. The van der Waals surface area contributed by atoms with E-state index in [1.54, 1.807) is 0 Å². The van der Waals surface area contributed by atoms with Crippen LogP contribution in [0.3, 0.4) is 0 Å². The average Bonchev–Trinajstić information content (AvgIpc) is 3.01. The van der Waals surface area contributed by atoms with E-state index in [1.807, 2.05) is 22.8 Å². The molecule has 5 heteroatoms. The Labute approximate surface area is 113 Å². The lowest BCUT2D eigenvalue weighted by molar-refractivity contribution is 0.277. The summed E-state index contributed by atoms with van der Waals surface area (Å²) in [5.74, 6) is 0.730. The molecule has 5 nitrogen and oxygen atoms in total. The lowest BCUT2D eigenvalue weighted by Gasteiger charge is -2.22. The lowest BCUT2D eigenvalue weighted by atomic mass is 10.2. The van der Waals surface area contributed by atoms with Crippen molar-refractivity contribution < 1.29 is 0 Å². The molecule has 3 rings (SSSR count). The Morgan fingerprint density at radius 2 is 2.37 bits per heavy atom. The molecule has 1 unspecified atom stereocenters. The van der Waals surface area contributed by atoms with Gasteiger partial charge in [-0.15, -0.1) is 5.10 Å². The minimum atomic E-state index is 0.623. The van der Waals surface area contributed by atoms with Gasteiger partial charge in [0.2, 0.25) is 5.95 Å². The van der Waals surface area contributed by atoms with Crippen molar-refractivity contribution in [2.45, 2.75) is 32.7 Å². The molecular weight excluding hydrogens is 238 g/mol. The summed E-state index contributed by atoms with van der Waals surface area (Å²) >= 11 is 0. The number of nitrogens with one attached hydrogen (secondary N) is 1. The zero-order valence-electron chi connectivity index (χ0n) is 11.6. The van der Waals surface area contributed by atoms with Gasteiger partial charge in [0.15, 0.2) is 5.65 Å². The van der Waals surface area contributed by atoms with Crippen LogP contribution in [0.15, 0.2) is 18.3 Å². The van der Waals surface area contributed by atoms with Crippen LogP contribution in [-0.2, 0) is 0 Å². The van der Waals surface area contributed by atoms with Gasteiger partial charge >= 0.3 is 0 Å². The standard InChI is InChI=1S/C14H21N5/c1-3-18-7-4-5-12(18)10-15-14-16-13-9-11(2)6-8-19(13)17-14/h6,8-9,12H,3-5,7,10H2,1-2H3,(H,15,17). The van der Waals surface area contributed by atoms with E-state index in [0.717, 1.165) is 24.7 Å². The normalized spacial score (nSPS) is 20.2. The van der Waals surface area contributed by atoms with E-state index in [4.69, 9.17) is 0 Å². The number of hydrogen-bond donors (Lipinski definition) is 1. The van der Waals surface area contributed by atoms with Gasteiger partial charge in [-0.05, 0) is 50.6 Å². The zero-order valence-corrected chi connectivity index (χ0v) is 11.6. The highest BCUT2D eigenvalue weighted by Gasteiger charge is 2.22. The molecular formula is C14H21N5. The molecule has 102 valence electrons. The SMILES string of the molecule is CCN1CCCC1CNc1nc2cc(C)ccn2n1. The fourth-order valence-electron chi connectivity index (χ4n) is 2.81. The Hall–Kier alpha value is -1.62. The van der Waals surface area contributed by atoms with E-state index in [2.05, 4.69) is 34.1 Å². The average molecular weight is 259 g/mol. The maximum absolute atomic E-state index is 4.51. The molecule has 0 radical (unpaired) electrons. The maximum Gasteiger partial charge on any atom is 0.243 e. The van der Waals surface area contributed by atoms with Crippen molar-refractivity contribution >= 4 is 11.6 Å². The number of aromatic nitrogens is 3. The van der Waals surface area contributed by atoms with E-state index >= 15 is 0 Å². The van der Waals surface area contributed by atoms with Crippen LogP contribution in [0, 0.1) is 6.92 Å². The van der Waals surface area contributed by atoms with E-state index < -0.39 is 0 Å². The second-order valence-electron chi connectivity index (χ2n) is 5.25. The van der Waals surface area contributed by atoms with Crippen LogP contribution in [0.25, 0.3) is 5.65 Å². The van der Waals surface area contributed by atoms with Gasteiger partial charge in [0, 0.05) is 18.8 Å². The number of anilines is 1. The lowest BCUT2D eigenvalue weighted by Crippen LogP contribution is -2.34. The predicted molar refractivity (Wildman–Crippen MR) is 76.5 cm³/mol. The molecule has 2 aromatic heterocycles. The Morgan fingerprint density at radius 1 is 1.47 bits per heavy atom. The number of likely N-dealkylation sites (N-methyl/N-ethyl adjacent to an activating group) is 1. The molecule has 1 aliphatic rings. The van der Waals surface area contributed by atoms with Gasteiger partial charge in [0.05, 0.1) is 0 Å². The van der Waals surface area contributed by atoms with Crippen LogP contribution in [0.5, 0.6) is 0 Å². The number of nitrogens with zero attached hydrogens (tertiary/aromatic N) is 4. The number of likely N-dealkylation sites (tertiary alicyclic amines) is 1. The molecule has 1 saturated heterocycles. The molecule has 1 N–H and O–H groups in total. The van der Waals surface area contributed by atoms with Crippen LogP contribution >= 0.6 is 0 Å². The van der Waals surface area contributed by atoms with Crippen LogP contribution in [-0.4, -0.2) is 45.2 Å². The monoisotopic (exact) mass is 259 g/mol. The molecule has 3 heterocycles. The quantitative estimate of drug-likeness (QED) is 0.911. The summed E-state index contributed by atoms with van der Waals surface area (Å²) in [6, 6.07) is 4.71. The summed E-state index contributed by atoms with van der Waals surface area (Å²) in [5.41, 5.74) is 2.11. The summed E-state index contributed by atoms with van der Waals surface area (Å²) < 4.78 is 1.82. The third-order valence-electron chi connectivity index (χ3n) is 3.89. The van der Waals surface area contributed by atoms with Crippen LogP contribution < -0.4 is 5.32 Å². The molecule has 19 heavy (non-hydrogen) atoms. The van der Waals surface area contributed by atoms with Gasteiger partial charge < -0.3 is 5.32 Å². The van der Waals surface area contributed by atoms with Gasteiger partial charge in [-0.25, -0.2) is 4.52 Å². The van der Waals surface area contributed by atoms with Crippen LogP contribution in [0.1, 0.15) is 25.3 Å². The van der Waals surface area contributed by atoms with E-state index in [1.165, 1.54) is 24.9 Å². The summed E-state index contributed by atoms with van der Waals surface area (Å²) in [6.45, 7) is 7.58. The second kappa shape index (κ2) is 5.17. The molecule has 1 atom stereocenters. The second-order valence-corrected chi connectivity index (χ2v) is 5.25. The predicted octanol–water partition coefficient (Wildman–Crippen LogP) is 1.93. The Bertz CT molecular complexity index is 562. The minimum absolute atomic E-state index is 0.623. The molecule has 2 aromatic rings. The van der Waals surface area contributed by atoms with E-state index in [-0.39, 0.29) is 0 Å². The Balaban J connectivity index is 1.68. The van der Waals surface area contributed by atoms with Crippen LogP contribution in [0.2, 0.25) is 0 Å². The maximum atomic E-state index is 4.51. The Morgan fingerprint density at radius 3 is 3.21 bits per heavy atom. The first-order valence-electron chi connectivity index (χ1n) is 7.07. The minimum Gasteiger partial charge on any atom is -0.351 e. The van der Waals surface area contributed by atoms with Gasteiger partial charge in [-0.2, -0.15) is 4.98 Å². The molecule has 0 aliphatic carbocycles. The number of pyridine rings is 1. The molecule has 0 spiro atoms. The number of hydrogen-bond acceptors (Lipinski definition) is 4. The molecule has 0 aromatic carbocycles. The van der Waals surface area contributed by atoms with Gasteiger partial charge in [0.25, 0.3) is 0 Å². The number of rotatable bonds is 4. The van der Waals surface area contributed by atoms with Gasteiger partial charge in [-0.1, -0.05) is 6.92 Å². The highest BCUT2D eigenvalue weighted by atomic mass is 15.3. The topological polar surface area (TPSA) is 45.5 Å². The first-order chi connectivity index (χ1) is 9.26. The molecule has 0 amide bonds. The smallest absolute Gasteiger partial charge is 0.243 e. The summed E-state index contributed by atoms with van der Waals surface area (Å²) in [7, 11) is 0. The highest BCUT2D eigenvalue weighted by Crippen LogP contribution is 2.17. The zero-order chi connectivity index (χ0) is 13.2. The third-order valence-corrected chi connectivity index (χ3v) is 3.89. The molecule has 0 bridgehead atoms. The highest BCUT2D eigenvalue weighted by molar-refractivity contribution is 5.45. The Kier molecular flexibility index (Phi) is 3.38. The summed E-state index contributed by atoms with van der Waals surface area (Å²) in [5, 5.41) is 7.82. The number of fused-ring (bicyclic) bond motifs is 1. The fraction of sp³-hybridized carbons (Fsp3) is 0.571.